The number of aryl methyl sites for hydroxylation is 2. The van der Waals surface area contributed by atoms with Crippen molar-refractivity contribution in [1.29, 1.82) is 0 Å². The van der Waals surface area contributed by atoms with Crippen molar-refractivity contribution in [3.8, 4) is 5.75 Å². The van der Waals surface area contributed by atoms with Crippen molar-refractivity contribution in [2.24, 2.45) is 0 Å². The Labute approximate surface area is 114 Å². The molecule has 0 spiro atoms. The zero-order valence-corrected chi connectivity index (χ0v) is 11.5. The number of hydrogen-bond acceptors (Lipinski definition) is 3. The van der Waals surface area contributed by atoms with Crippen LogP contribution in [-0.4, -0.2) is 18.1 Å². The highest BCUT2D eigenvalue weighted by Crippen LogP contribution is 2.21. The van der Waals surface area contributed by atoms with Gasteiger partial charge in [-0.1, -0.05) is 24.3 Å². The molecule has 100 valence electrons. The summed E-state index contributed by atoms with van der Waals surface area (Å²) < 4.78 is 5.83. The predicted octanol–water partition coefficient (Wildman–Crippen LogP) is 2.87. The van der Waals surface area contributed by atoms with Crippen LogP contribution >= 0.6 is 0 Å². The zero-order valence-electron chi connectivity index (χ0n) is 11.5. The fraction of sp³-hybridized carbons (Fsp3) is 0.312. The van der Waals surface area contributed by atoms with Crippen LogP contribution in [0.1, 0.15) is 16.7 Å². The summed E-state index contributed by atoms with van der Waals surface area (Å²) in [6.07, 6.45) is 3.66. The van der Waals surface area contributed by atoms with E-state index < -0.39 is 0 Å². The minimum absolute atomic E-state index is 0.673. The fourth-order valence-corrected chi connectivity index (χ4v) is 1.99. The van der Waals surface area contributed by atoms with Gasteiger partial charge in [0.2, 0.25) is 0 Å². The van der Waals surface area contributed by atoms with Gasteiger partial charge < -0.3 is 10.1 Å². The first-order chi connectivity index (χ1) is 9.27. The largest absolute Gasteiger partial charge is 0.492 e. The lowest BCUT2D eigenvalue weighted by Crippen LogP contribution is -2.21. The summed E-state index contributed by atoms with van der Waals surface area (Å²) in [7, 11) is 0. The highest BCUT2D eigenvalue weighted by Gasteiger charge is 2.02. The molecule has 0 aliphatic rings. The number of pyridine rings is 1. The third-order valence-electron chi connectivity index (χ3n) is 2.99. The average molecular weight is 256 g/mol. The van der Waals surface area contributed by atoms with Gasteiger partial charge in [-0.3, -0.25) is 4.98 Å². The Morgan fingerprint density at radius 1 is 1.11 bits per heavy atom. The van der Waals surface area contributed by atoms with Crippen LogP contribution in [0.3, 0.4) is 0 Å². The number of hydrogen-bond donors (Lipinski definition) is 1. The lowest BCUT2D eigenvalue weighted by Gasteiger charge is -2.12. The van der Waals surface area contributed by atoms with Crippen LogP contribution in [0.4, 0.5) is 0 Å². The number of para-hydroxylation sites is 1. The van der Waals surface area contributed by atoms with Crippen LogP contribution in [0.5, 0.6) is 5.75 Å². The molecule has 0 aliphatic carbocycles. The van der Waals surface area contributed by atoms with Gasteiger partial charge in [-0.2, -0.15) is 0 Å². The highest BCUT2D eigenvalue weighted by atomic mass is 16.5. The van der Waals surface area contributed by atoms with Crippen molar-refractivity contribution >= 4 is 0 Å². The first-order valence-electron chi connectivity index (χ1n) is 6.56. The third kappa shape index (κ3) is 4.07. The summed E-state index contributed by atoms with van der Waals surface area (Å²) in [6, 6.07) is 10.2. The standard InChI is InChI=1S/C16H20N2O/c1-13-5-3-6-14(2)16(13)19-10-9-18-12-15-7-4-8-17-11-15/h3-8,11,18H,9-10,12H2,1-2H3. The molecule has 0 saturated heterocycles. The molecule has 3 nitrogen and oxygen atoms in total. The molecular weight excluding hydrogens is 236 g/mol. The van der Waals surface area contributed by atoms with Crippen LogP contribution in [-0.2, 0) is 6.54 Å². The van der Waals surface area contributed by atoms with Crippen molar-refractivity contribution < 1.29 is 4.74 Å². The average Bonchev–Trinajstić information content (AvgIpc) is 2.42. The van der Waals surface area contributed by atoms with Crippen LogP contribution in [0.15, 0.2) is 42.7 Å². The summed E-state index contributed by atoms with van der Waals surface area (Å²) in [5.41, 5.74) is 3.56. The van der Waals surface area contributed by atoms with E-state index in [0.717, 1.165) is 18.8 Å². The molecule has 0 atom stereocenters. The number of benzene rings is 1. The molecule has 0 saturated carbocycles. The molecule has 1 aromatic carbocycles. The van der Waals surface area contributed by atoms with Gasteiger partial charge in [0, 0.05) is 25.5 Å². The lowest BCUT2D eigenvalue weighted by atomic mass is 10.1. The van der Waals surface area contributed by atoms with Gasteiger partial charge in [-0.25, -0.2) is 0 Å². The molecule has 2 rings (SSSR count). The van der Waals surface area contributed by atoms with E-state index in [-0.39, 0.29) is 0 Å². The second-order valence-corrected chi connectivity index (χ2v) is 4.61. The summed E-state index contributed by atoms with van der Waals surface area (Å²) in [6.45, 7) is 6.47. The lowest BCUT2D eigenvalue weighted by molar-refractivity contribution is 0.309. The van der Waals surface area contributed by atoms with Crippen molar-refractivity contribution in [3.63, 3.8) is 0 Å². The molecule has 1 heterocycles. The van der Waals surface area contributed by atoms with Crippen molar-refractivity contribution in [1.82, 2.24) is 10.3 Å². The Morgan fingerprint density at radius 3 is 2.58 bits per heavy atom. The molecule has 0 radical (unpaired) electrons. The summed E-state index contributed by atoms with van der Waals surface area (Å²) >= 11 is 0. The van der Waals surface area contributed by atoms with E-state index in [9.17, 15) is 0 Å². The van der Waals surface area contributed by atoms with E-state index >= 15 is 0 Å². The quantitative estimate of drug-likeness (QED) is 0.807. The molecule has 0 amide bonds. The molecule has 19 heavy (non-hydrogen) atoms. The Morgan fingerprint density at radius 2 is 1.89 bits per heavy atom. The molecule has 1 aromatic heterocycles. The highest BCUT2D eigenvalue weighted by molar-refractivity contribution is 5.39. The monoisotopic (exact) mass is 256 g/mol. The molecule has 0 bridgehead atoms. The van der Waals surface area contributed by atoms with E-state index in [0.29, 0.717) is 6.61 Å². The number of rotatable bonds is 6. The van der Waals surface area contributed by atoms with E-state index in [1.807, 2.05) is 12.3 Å². The second kappa shape index (κ2) is 6.90. The van der Waals surface area contributed by atoms with Crippen LogP contribution in [0.25, 0.3) is 0 Å². The van der Waals surface area contributed by atoms with Crippen molar-refractivity contribution in [2.75, 3.05) is 13.2 Å². The van der Waals surface area contributed by atoms with Gasteiger partial charge in [0.05, 0.1) is 0 Å². The minimum Gasteiger partial charge on any atom is -0.492 e. The van der Waals surface area contributed by atoms with Crippen molar-refractivity contribution in [3.05, 3.63) is 59.4 Å². The molecule has 0 unspecified atom stereocenters. The van der Waals surface area contributed by atoms with Gasteiger partial charge >= 0.3 is 0 Å². The van der Waals surface area contributed by atoms with E-state index in [2.05, 4.69) is 48.4 Å². The van der Waals surface area contributed by atoms with E-state index in [4.69, 9.17) is 4.74 Å². The van der Waals surface area contributed by atoms with Crippen LogP contribution in [0.2, 0.25) is 0 Å². The van der Waals surface area contributed by atoms with Crippen LogP contribution < -0.4 is 10.1 Å². The summed E-state index contributed by atoms with van der Waals surface area (Å²) in [5, 5.41) is 3.35. The first-order valence-corrected chi connectivity index (χ1v) is 6.56. The van der Waals surface area contributed by atoms with Crippen LogP contribution in [0, 0.1) is 13.8 Å². The Hall–Kier alpha value is -1.87. The zero-order chi connectivity index (χ0) is 13.5. The fourth-order valence-electron chi connectivity index (χ4n) is 1.99. The van der Waals surface area contributed by atoms with Gasteiger partial charge in [0.25, 0.3) is 0 Å². The third-order valence-corrected chi connectivity index (χ3v) is 2.99. The maximum Gasteiger partial charge on any atom is 0.125 e. The van der Waals surface area contributed by atoms with Gasteiger partial charge in [0.1, 0.15) is 12.4 Å². The molecule has 2 aromatic rings. The van der Waals surface area contributed by atoms with E-state index in [1.165, 1.54) is 16.7 Å². The number of ether oxygens (including phenoxy) is 1. The smallest absolute Gasteiger partial charge is 0.125 e. The Balaban J connectivity index is 1.73. The van der Waals surface area contributed by atoms with Crippen molar-refractivity contribution in [2.45, 2.75) is 20.4 Å². The SMILES string of the molecule is Cc1cccc(C)c1OCCNCc1cccnc1. The Bertz CT molecular complexity index is 491. The normalized spacial score (nSPS) is 10.4. The molecule has 3 heteroatoms. The summed E-state index contributed by atoms with van der Waals surface area (Å²) in [5.74, 6) is 1.01. The van der Waals surface area contributed by atoms with Gasteiger partial charge in [0.15, 0.2) is 0 Å². The molecule has 0 fully saturated rings. The van der Waals surface area contributed by atoms with E-state index in [1.54, 1.807) is 6.20 Å². The number of nitrogens with one attached hydrogen (secondary N) is 1. The number of aromatic nitrogens is 1. The van der Waals surface area contributed by atoms with Gasteiger partial charge in [-0.05, 0) is 36.6 Å². The molecular formula is C16H20N2O. The second-order valence-electron chi connectivity index (χ2n) is 4.61. The Kier molecular flexibility index (Phi) is 4.93. The first kappa shape index (κ1) is 13.6. The predicted molar refractivity (Wildman–Crippen MR) is 77.4 cm³/mol. The maximum atomic E-state index is 5.83. The molecule has 0 aliphatic heterocycles. The summed E-state index contributed by atoms with van der Waals surface area (Å²) in [4.78, 5) is 4.08. The molecule has 1 N–H and O–H groups in total. The number of nitrogens with zero attached hydrogens (tertiary/aromatic N) is 1. The minimum atomic E-state index is 0.673. The topological polar surface area (TPSA) is 34.1 Å². The maximum absolute atomic E-state index is 5.83. The van der Waals surface area contributed by atoms with Gasteiger partial charge in [-0.15, -0.1) is 0 Å².